The number of nitrogens with zero attached hydrogens (tertiary/aromatic N) is 4. The van der Waals surface area contributed by atoms with Gasteiger partial charge >= 0.3 is 0 Å². The SMILES string of the molecule is CCCn1c(SCC(=O)Nc2cccc3ccccc23)nnc1-c1ccccn1. The van der Waals surface area contributed by atoms with E-state index in [4.69, 9.17) is 0 Å². The van der Waals surface area contributed by atoms with E-state index in [-0.39, 0.29) is 11.7 Å². The average molecular weight is 404 g/mol. The van der Waals surface area contributed by atoms with Gasteiger partial charge < -0.3 is 9.88 Å². The summed E-state index contributed by atoms with van der Waals surface area (Å²) in [5, 5.41) is 14.5. The number of carbonyl (C=O) groups is 1. The normalized spacial score (nSPS) is 10.9. The minimum absolute atomic E-state index is 0.0724. The molecule has 4 aromatic rings. The highest BCUT2D eigenvalue weighted by Gasteiger charge is 2.16. The van der Waals surface area contributed by atoms with Gasteiger partial charge in [0.25, 0.3) is 0 Å². The van der Waals surface area contributed by atoms with Crippen LogP contribution in [-0.2, 0) is 11.3 Å². The molecule has 0 unspecified atom stereocenters. The molecule has 0 aliphatic rings. The fraction of sp³-hybridized carbons (Fsp3) is 0.182. The van der Waals surface area contributed by atoms with E-state index in [2.05, 4.69) is 27.4 Å². The van der Waals surface area contributed by atoms with Crippen LogP contribution in [0.4, 0.5) is 5.69 Å². The number of hydrogen-bond acceptors (Lipinski definition) is 5. The molecule has 2 heterocycles. The van der Waals surface area contributed by atoms with Crippen LogP contribution in [-0.4, -0.2) is 31.4 Å². The highest BCUT2D eigenvalue weighted by molar-refractivity contribution is 7.99. The van der Waals surface area contributed by atoms with Gasteiger partial charge in [0.05, 0.1) is 5.75 Å². The van der Waals surface area contributed by atoms with Crippen molar-refractivity contribution in [1.29, 1.82) is 0 Å². The van der Waals surface area contributed by atoms with Crippen LogP contribution < -0.4 is 5.32 Å². The lowest BCUT2D eigenvalue weighted by atomic mass is 10.1. The Balaban J connectivity index is 1.49. The first-order valence-corrected chi connectivity index (χ1v) is 10.5. The standard InChI is InChI=1S/C22H21N5OS/c1-2-14-27-21(19-11-5-6-13-23-19)25-26-22(27)29-15-20(28)24-18-12-7-9-16-8-3-4-10-17(16)18/h3-13H,2,14-15H2,1H3,(H,24,28). The van der Waals surface area contributed by atoms with E-state index in [9.17, 15) is 4.79 Å². The van der Waals surface area contributed by atoms with Gasteiger partial charge in [0, 0.05) is 23.8 Å². The molecule has 2 aromatic heterocycles. The Morgan fingerprint density at radius 1 is 1.03 bits per heavy atom. The fourth-order valence-corrected chi connectivity index (χ4v) is 3.92. The molecular formula is C22H21N5OS. The average Bonchev–Trinajstić information content (AvgIpc) is 3.16. The summed E-state index contributed by atoms with van der Waals surface area (Å²) in [7, 11) is 0. The topological polar surface area (TPSA) is 72.7 Å². The van der Waals surface area contributed by atoms with Crippen molar-refractivity contribution in [2.75, 3.05) is 11.1 Å². The van der Waals surface area contributed by atoms with Crippen LogP contribution in [0.15, 0.2) is 72.0 Å². The molecule has 0 aliphatic carbocycles. The second kappa shape index (κ2) is 8.87. The number of fused-ring (bicyclic) bond motifs is 1. The first-order chi connectivity index (χ1) is 14.3. The Hall–Kier alpha value is -3.19. The number of amides is 1. The maximum absolute atomic E-state index is 12.6. The Bertz CT molecular complexity index is 1120. The summed E-state index contributed by atoms with van der Waals surface area (Å²) in [6.45, 7) is 2.87. The third-order valence-corrected chi connectivity index (χ3v) is 5.42. The van der Waals surface area contributed by atoms with Gasteiger partial charge in [-0.2, -0.15) is 0 Å². The van der Waals surface area contributed by atoms with E-state index in [0.717, 1.165) is 46.1 Å². The number of carbonyl (C=O) groups excluding carboxylic acids is 1. The van der Waals surface area contributed by atoms with Crippen molar-refractivity contribution in [3.05, 3.63) is 66.9 Å². The minimum atomic E-state index is -0.0724. The highest BCUT2D eigenvalue weighted by Crippen LogP contribution is 2.25. The van der Waals surface area contributed by atoms with Gasteiger partial charge in [0.1, 0.15) is 5.69 Å². The third-order valence-electron chi connectivity index (χ3n) is 4.45. The monoisotopic (exact) mass is 403 g/mol. The summed E-state index contributed by atoms with van der Waals surface area (Å²) in [5.41, 5.74) is 1.60. The molecule has 7 heteroatoms. The van der Waals surface area contributed by atoms with Crippen LogP contribution in [0.2, 0.25) is 0 Å². The Morgan fingerprint density at radius 3 is 2.69 bits per heavy atom. The van der Waals surface area contributed by atoms with Gasteiger partial charge in [-0.3, -0.25) is 9.78 Å². The van der Waals surface area contributed by atoms with Crippen LogP contribution in [0.25, 0.3) is 22.3 Å². The smallest absolute Gasteiger partial charge is 0.234 e. The summed E-state index contributed by atoms with van der Waals surface area (Å²) < 4.78 is 2.03. The van der Waals surface area contributed by atoms with Crippen molar-refractivity contribution >= 4 is 34.1 Å². The molecule has 29 heavy (non-hydrogen) atoms. The van der Waals surface area contributed by atoms with E-state index in [0.29, 0.717) is 0 Å². The first-order valence-electron chi connectivity index (χ1n) is 9.51. The van der Waals surface area contributed by atoms with Crippen LogP contribution in [0.5, 0.6) is 0 Å². The van der Waals surface area contributed by atoms with E-state index >= 15 is 0 Å². The predicted octanol–water partition coefficient (Wildman–Crippen LogP) is 4.63. The number of pyridine rings is 1. The number of rotatable bonds is 7. The Morgan fingerprint density at radius 2 is 1.86 bits per heavy atom. The number of benzene rings is 2. The predicted molar refractivity (Wildman–Crippen MR) is 117 cm³/mol. The molecule has 146 valence electrons. The van der Waals surface area contributed by atoms with E-state index in [1.54, 1.807) is 6.20 Å². The molecule has 0 saturated carbocycles. The number of anilines is 1. The Labute approximate surface area is 173 Å². The van der Waals surface area contributed by atoms with Gasteiger partial charge in [0.15, 0.2) is 11.0 Å². The zero-order valence-electron chi connectivity index (χ0n) is 16.1. The lowest BCUT2D eigenvalue weighted by molar-refractivity contribution is -0.113. The van der Waals surface area contributed by atoms with Crippen molar-refractivity contribution < 1.29 is 4.79 Å². The molecule has 0 atom stereocenters. The van der Waals surface area contributed by atoms with Gasteiger partial charge in [-0.25, -0.2) is 0 Å². The molecule has 6 nitrogen and oxygen atoms in total. The van der Waals surface area contributed by atoms with E-state index in [1.165, 1.54) is 11.8 Å². The van der Waals surface area contributed by atoms with Crippen molar-refractivity contribution in [1.82, 2.24) is 19.7 Å². The lowest BCUT2D eigenvalue weighted by Crippen LogP contribution is -2.15. The molecular weight excluding hydrogens is 382 g/mol. The largest absolute Gasteiger partial charge is 0.325 e. The fourth-order valence-electron chi connectivity index (χ4n) is 3.16. The highest BCUT2D eigenvalue weighted by atomic mass is 32.2. The van der Waals surface area contributed by atoms with E-state index in [1.807, 2.05) is 65.2 Å². The summed E-state index contributed by atoms with van der Waals surface area (Å²) >= 11 is 1.38. The van der Waals surface area contributed by atoms with Crippen molar-refractivity contribution in [3.63, 3.8) is 0 Å². The van der Waals surface area contributed by atoms with Gasteiger partial charge in [-0.15, -0.1) is 10.2 Å². The summed E-state index contributed by atoms with van der Waals surface area (Å²) in [4.78, 5) is 16.9. The van der Waals surface area contributed by atoms with Gasteiger partial charge in [-0.1, -0.05) is 61.2 Å². The zero-order valence-corrected chi connectivity index (χ0v) is 16.9. The van der Waals surface area contributed by atoms with Gasteiger partial charge in [0.2, 0.25) is 5.91 Å². The third kappa shape index (κ3) is 4.30. The first kappa shape index (κ1) is 19.1. The molecule has 0 radical (unpaired) electrons. The lowest BCUT2D eigenvalue weighted by Gasteiger charge is -2.10. The second-order valence-corrected chi connectivity index (χ2v) is 7.48. The number of hydrogen-bond donors (Lipinski definition) is 1. The van der Waals surface area contributed by atoms with E-state index < -0.39 is 0 Å². The van der Waals surface area contributed by atoms with Crippen LogP contribution in [0, 0.1) is 0 Å². The van der Waals surface area contributed by atoms with Crippen molar-refractivity contribution in [3.8, 4) is 11.5 Å². The molecule has 1 amide bonds. The minimum Gasteiger partial charge on any atom is -0.325 e. The second-order valence-electron chi connectivity index (χ2n) is 6.54. The summed E-state index contributed by atoms with van der Waals surface area (Å²) in [6.07, 6.45) is 2.68. The molecule has 0 saturated heterocycles. The quantitative estimate of drug-likeness (QED) is 0.455. The molecule has 1 N–H and O–H groups in total. The van der Waals surface area contributed by atoms with Crippen LogP contribution in [0.1, 0.15) is 13.3 Å². The molecule has 4 rings (SSSR count). The number of nitrogens with one attached hydrogen (secondary N) is 1. The van der Waals surface area contributed by atoms with Crippen molar-refractivity contribution in [2.45, 2.75) is 25.0 Å². The van der Waals surface area contributed by atoms with Crippen molar-refractivity contribution in [2.24, 2.45) is 0 Å². The van der Waals surface area contributed by atoms with Crippen LogP contribution >= 0.6 is 11.8 Å². The number of thioether (sulfide) groups is 1. The molecule has 2 aromatic carbocycles. The van der Waals surface area contributed by atoms with Crippen LogP contribution in [0.3, 0.4) is 0 Å². The number of aromatic nitrogens is 4. The Kier molecular flexibility index (Phi) is 5.86. The summed E-state index contributed by atoms with van der Waals surface area (Å²) in [5.74, 6) is 0.911. The molecule has 0 aliphatic heterocycles. The van der Waals surface area contributed by atoms with Gasteiger partial charge in [-0.05, 0) is 30.0 Å². The summed E-state index contributed by atoms with van der Waals surface area (Å²) in [6, 6.07) is 19.6. The molecule has 0 fully saturated rings. The molecule has 0 bridgehead atoms. The zero-order chi connectivity index (χ0) is 20.1. The molecule has 0 spiro atoms. The maximum atomic E-state index is 12.6. The maximum Gasteiger partial charge on any atom is 0.234 e.